The number of amides is 2. The lowest BCUT2D eigenvalue weighted by atomic mass is 9.89. The van der Waals surface area contributed by atoms with Crippen molar-refractivity contribution >= 4 is 27.5 Å². The number of nitrogens with two attached hydrogens (primary N) is 1. The third kappa shape index (κ3) is 4.82. The summed E-state index contributed by atoms with van der Waals surface area (Å²) in [6, 6.07) is 4.72. The zero-order valence-electron chi connectivity index (χ0n) is 16.0. The lowest BCUT2D eigenvalue weighted by molar-refractivity contribution is -0.118. The SMILES string of the molecule is CS(=O)(=O)N1CCCc2cc(C(=O)N[C@@H](CC(N)=O)C3CCOCC3)ccc21. The molecule has 1 saturated heterocycles. The van der Waals surface area contributed by atoms with Gasteiger partial charge in [0.2, 0.25) is 15.9 Å². The van der Waals surface area contributed by atoms with Gasteiger partial charge in [-0.05, 0) is 55.4 Å². The van der Waals surface area contributed by atoms with Gasteiger partial charge < -0.3 is 15.8 Å². The highest BCUT2D eigenvalue weighted by atomic mass is 32.2. The lowest BCUT2D eigenvalue weighted by Crippen LogP contribution is -2.44. The third-order valence-corrected chi connectivity index (χ3v) is 6.57. The highest BCUT2D eigenvalue weighted by Gasteiger charge is 2.28. The molecule has 1 aromatic carbocycles. The van der Waals surface area contributed by atoms with Crippen molar-refractivity contribution in [2.75, 3.05) is 30.3 Å². The molecule has 8 nitrogen and oxygen atoms in total. The maximum Gasteiger partial charge on any atom is 0.251 e. The number of nitrogens with one attached hydrogen (secondary N) is 1. The number of ether oxygens (including phenoxy) is 1. The molecule has 0 aromatic heterocycles. The van der Waals surface area contributed by atoms with Crippen LogP contribution in [0.1, 0.15) is 41.6 Å². The molecule has 2 aliphatic heterocycles. The molecule has 0 unspecified atom stereocenters. The first-order valence-electron chi connectivity index (χ1n) is 9.53. The average Bonchev–Trinajstić information content (AvgIpc) is 2.66. The second kappa shape index (κ2) is 8.48. The molecule has 0 spiro atoms. The van der Waals surface area contributed by atoms with Crippen molar-refractivity contribution in [3.63, 3.8) is 0 Å². The maximum absolute atomic E-state index is 12.8. The van der Waals surface area contributed by atoms with Crippen LogP contribution in [0.15, 0.2) is 18.2 Å². The molecule has 3 N–H and O–H groups in total. The van der Waals surface area contributed by atoms with Gasteiger partial charge in [-0.2, -0.15) is 0 Å². The monoisotopic (exact) mass is 409 g/mol. The Bertz CT molecular complexity index is 849. The van der Waals surface area contributed by atoms with Gasteiger partial charge in [0.25, 0.3) is 5.91 Å². The van der Waals surface area contributed by atoms with Gasteiger partial charge in [-0.25, -0.2) is 8.42 Å². The van der Waals surface area contributed by atoms with Gasteiger partial charge in [-0.3, -0.25) is 13.9 Å². The van der Waals surface area contributed by atoms with Crippen molar-refractivity contribution in [2.45, 2.75) is 38.1 Å². The number of nitrogens with zero attached hydrogens (tertiary/aromatic N) is 1. The number of hydrogen-bond donors (Lipinski definition) is 2. The molecule has 2 amide bonds. The van der Waals surface area contributed by atoms with E-state index < -0.39 is 15.9 Å². The zero-order chi connectivity index (χ0) is 20.3. The van der Waals surface area contributed by atoms with Crippen LogP contribution in [-0.2, 0) is 26.0 Å². The van der Waals surface area contributed by atoms with Crippen LogP contribution in [-0.4, -0.2) is 52.3 Å². The molecule has 154 valence electrons. The molecule has 2 aliphatic rings. The number of carbonyl (C=O) groups excluding carboxylic acids is 2. The van der Waals surface area contributed by atoms with Crippen LogP contribution in [0.3, 0.4) is 0 Å². The lowest BCUT2D eigenvalue weighted by Gasteiger charge is -2.31. The summed E-state index contributed by atoms with van der Waals surface area (Å²) in [4.78, 5) is 24.3. The van der Waals surface area contributed by atoms with Crippen LogP contribution < -0.4 is 15.4 Å². The molecule has 2 heterocycles. The number of aryl methyl sites for hydroxylation is 1. The van der Waals surface area contributed by atoms with Crippen molar-refractivity contribution in [1.82, 2.24) is 5.32 Å². The summed E-state index contributed by atoms with van der Waals surface area (Å²) in [6.07, 6.45) is 4.23. The van der Waals surface area contributed by atoms with Crippen LogP contribution in [0.4, 0.5) is 5.69 Å². The summed E-state index contributed by atoms with van der Waals surface area (Å²) >= 11 is 0. The van der Waals surface area contributed by atoms with Gasteiger partial charge in [0.05, 0.1) is 11.9 Å². The van der Waals surface area contributed by atoms with E-state index in [2.05, 4.69) is 5.32 Å². The van der Waals surface area contributed by atoms with E-state index in [-0.39, 0.29) is 24.3 Å². The summed E-state index contributed by atoms with van der Waals surface area (Å²) in [6.45, 7) is 1.66. The van der Waals surface area contributed by atoms with E-state index in [1.54, 1.807) is 18.2 Å². The van der Waals surface area contributed by atoms with Gasteiger partial charge in [-0.1, -0.05) is 0 Å². The number of hydrogen-bond acceptors (Lipinski definition) is 5. The summed E-state index contributed by atoms with van der Waals surface area (Å²) in [7, 11) is -3.35. The van der Waals surface area contributed by atoms with Crippen molar-refractivity contribution < 1.29 is 22.7 Å². The van der Waals surface area contributed by atoms with Crippen LogP contribution in [0.5, 0.6) is 0 Å². The number of carbonyl (C=O) groups is 2. The van der Waals surface area contributed by atoms with Crippen LogP contribution in [0, 0.1) is 5.92 Å². The molecule has 1 atom stereocenters. The summed E-state index contributed by atoms with van der Waals surface area (Å²) in [5, 5.41) is 2.96. The number of anilines is 1. The molecule has 3 rings (SSSR count). The van der Waals surface area contributed by atoms with E-state index in [9.17, 15) is 18.0 Å². The molecule has 0 saturated carbocycles. The molecule has 0 aliphatic carbocycles. The molecular weight excluding hydrogens is 382 g/mol. The average molecular weight is 410 g/mol. The summed E-state index contributed by atoms with van der Waals surface area (Å²) < 4.78 is 30.7. The highest BCUT2D eigenvalue weighted by Crippen LogP contribution is 2.30. The highest BCUT2D eigenvalue weighted by molar-refractivity contribution is 7.92. The standard InChI is InChI=1S/C19H27N3O5S/c1-28(25,26)22-8-2-3-14-11-15(4-5-17(14)22)19(24)21-16(12-18(20)23)13-6-9-27-10-7-13/h4-5,11,13,16H,2-3,6-10,12H2,1H3,(H2,20,23)(H,21,24)/t16-/m0/s1. The van der Waals surface area contributed by atoms with Gasteiger partial charge >= 0.3 is 0 Å². The number of rotatable bonds is 6. The second-order valence-corrected chi connectivity index (χ2v) is 9.39. The molecule has 9 heteroatoms. The quantitative estimate of drug-likeness (QED) is 0.720. The van der Waals surface area contributed by atoms with Crippen LogP contribution in [0.25, 0.3) is 0 Å². The Hall–Kier alpha value is -2.13. The largest absolute Gasteiger partial charge is 0.381 e. The smallest absolute Gasteiger partial charge is 0.251 e. The van der Waals surface area contributed by atoms with Gasteiger partial charge in [0, 0.05) is 37.8 Å². The Morgan fingerprint density at radius 2 is 2.04 bits per heavy atom. The Labute approximate surface area is 165 Å². The fraction of sp³-hybridized carbons (Fsp3) is 0.579. The third-order valence-electron chi connectivity index (χ3n) is 5.39. The fourth-order valence-electron chi connectivity index (χ4n) is 3.97. The first kappa shape index (κ1) is 20.6. The zero-order valence-corrected chi connectivity index (χ0v) is 16.8. The Balaban J connectivity index is 1.78. The molecule has 1 aromatic rings. The first-order chi connectivity index (χ1) is 13.3. The molecular formula is C19H27N3O5S. The van der Waals surface area contributed by atoms with Crippen LogP contribution >= 0.6 is 0 Å². The predicted molar refractivity (Wildman–Crippen MR) is 106 cm³/mol. The van der Waals surface area contributed by atoms with Gasteiger partial charge in [0.1, 0.15) is 0 Å². The van der Waals surface area contributed by atoms with Gasteiger partial charge in [-0.15, -0.1) is 0 Å². The summed E-state index contributed by atoms with van der Waals surface area (Å²) in [5.74, 6) is -0.591. The predicted octanol–water partition coefficient (Wildman–Crippen LogP) is 0.799. The number of sulfonamides is 1. The van der Waals surface area contributed by atoms with E-state index in [0.29, 0.717) is 43.9 Å². The Morgan fingerprint density at radius 1 is 1.32 bits per heavy atom. The van der Waals surface area contributed by atoms with E-state index in [0.717, 1.165) is 18.4 Å². The second-order valence-electron chi connectivity index (χ2n) is 7.48. The molecule has 28 heavy (non-hydrogen) atoms. The fourth-order valence-corrected chi connectivity index (χ4v) is 4.97. The van der Waals surface area contributed by atoms with Crippen molar-refractivity contribution in [1.29, 1.82) is 0 Å². The summed E-state index contributed by atoms with van der Waals surface area (Å²) in [5.41, 5.74) is 7.30. The van der Waals surface area contributed by atoms with Crippen molar-refractivity contribution in [2.24, 2.45) is 11.7 Å². The van der Waals surface area contributed by atoms with Gasteiger partial charge in [0.15, 0.2) is 0 Å². The van der Waals surface area contributed by atoms with E-state index in [1.807, 2.05) is 0 Å². The Morgan fingerprint density at radius 3 is 2.68 bits per heavy atom. The molecule has 0 radical (unpaired) electrons. The number of primary amides is 1. The molecule has 0 bridgehead atoms. The maximum atomic E-state index is 12.8. The van der Waals surface area contributed by atoms with E-state index in [4.69, 9.17) is 10.5 Å². The van der Waals surface area contributed by atoms with Crippen molar-refractivity contribution in [3.05, 3.63) is 29.3 Å². The Kier molecular flexibility index (Phi) is 6.24. The van der Waals surface area contributed by atoms with E-state index >= 15 is 0 Å². The number of benzene rings is 1. The molecule has 1 fully saturated rings. The minimum Gasteiger partial charge on any atom is -0.381 e. The minimum absolute atomic E-state index is 0.0865. The van der Waals surface area contributed by atoms with Crippen molar-refractivity contribution in [3.8, 4) is 0 Å². The number of fused-ring (bicyclic) bond motifs is 1. The van der Waals surface area contributed by atoms with E-state index in [1.165, 1.54) is 10.6 Å². The topological polar surface area (TPSA) is 119 Å². The normalized spacial score (nSPS) is 19.0. The first-order valence-corrected chi connectivity index (χ1v) is 11.4. The minimum atomic E-state index is -3.35. The van der Waals surface area contributed by atoms with Crippen LogP contribution in [0.2, 0.25) is 0 Å².